The van der Waals surface area contributed by atoms with Crippen molar-refractivity contribution in [1.29, 1.82) is 0 Å². The van der Waals surface area contributed by atoms with Crippen LogP contribution in [0, 0.1) is 0 Å². The molecule has 0 fully saturated rings. The Kier molecular flexibility index (Phi) is 5.62. The average molecular weight is 255 g/mol. The van der Waals surface area contributed by atoms with Crippen molar-refractivity contribution in [3.63, 3.8) is 0 Å². The van der Waals surface area contributed by atoms with Crippen LogP contribution in [-0.4, -0.2) is 42.2 Å². The molecule has 1 aromatic heterocycles. The van der Waals surface area contributed by atoms with E-state index in [9.17, 15) is 0 Å². The summed E-state index contributed by atoms with van der Waals surface area (Å²) < 4.78 is 12.3. The Morgan fingerprint density at radius 3 is 2.78 bits per heavy atom. The second-order valence-corrected chi connectivity index (χ2v) is 5.20. The molecule has 0 aliphatic carbocycles. The molecular formula is C13H25N3O2. The quantitative estimate of drug-likeness (QED) is 0.773. The molecule has 0 bridgehead atoms. The van der Waals surface area contributed by atoms with Gasteiger partial charge in [-0.15, -0.1) is 0 Å². The summed E-state index contributed by atoms with van der Waals surface area (Å²) >= 11 is 0. The van der Waals surface area contributed by atoms with E-state index in [-0.39, 0.29) is 5.60 Å². The molecule has 0 saturated heterocycles. The van der Waals surface area contributed by atoms with Crippen molar-refractivity contribution in [1.82, 2.24) is 9.78 Å². The summed E-state index contributed by atoms with van der Waals surface area (Å²) in [6, 6.07) is 0.333. The van der Waals surface area contributed by atoms with Gasteiger partial charge in [-0.1, -0.05) is 0 Å². The van der Waals surface area contributed by atoms with Crippen LogP contribution in [0.25, 0.3) is 0 Å². The standard InChI is InChI=1S/C13H25N3O2/c1-11(8-13(2,3)18-5)15-12-9-14-16(10-12)6-7-17-4/h9-11,15H,6-8H2,1-5H3. The predicted octanol–water partition coefficient (Wildman–Crippen LogP) is 2.14. The molecule has 1 aromatic rings. The predicted molar refractivity (Wildman–Crippen MR) is 72.9 cm³/mol. The van der Waals surface area contributed by atoms with E-state index in [1.54, 1.807) is 14.2 Å². The maximum atomic E-state index is 5.43. The van der Waals surface area contributed by atoms with Gasteiger partial charge in [-0.25, -0.2) is 0 Å². The zero-order chi connectivity index (χ0) is 13.6. The lowest BCUT2D eigenvalue weighted by molar-refractivity contribution is 0.0128. The Bertz CT molecular complexity index is 350. The highest BCUT2D eigenvalue weighted by Gasteiger charge is 2.20. The molecule has 0 amide bonds. The second kappa shape index (κ2) is 6.75. The number of aromatic nitrogens is 2. The molecule has 0 aliphatic rings. The molecule has 0 radical (unpaired) electrons. The number of hydrogen-bond acceptors (Lipinski definition) is 4. The molecule has 0 saturated carbocycles. The van der Waals surface area contributed by atoms with E-state index in [4.69, 9.17) is 9.47 Å². The minimum absolute atomic E-state index is 0.113. The van der Waals surface area contributed by atoms with Gasteiger partial charge in [0.05, 0.1) is 30.6 Å². The maximum absolute atomic E-state index is 5.43. The molecule has 0 spiro atoms. The molecule has 104 valence electrons. The third-order valence-corrected chi connectivity index (χ3v) is 2.92. The molecule has 0 aliphatic heterocycles. The van der Waals surface area contributed by atoms with Gasteiger partial charge < -0.3 is 14.8 Å². The fraction of sp³-hybridized carbons (Fsp3) is 0.769. The molecule has 1 N–H and O–H groups in total. The third kappa shape index (κ3) is 5.06. The zero-order valence-corrected chi connectivity index (χ0v) is 12.1. The van der Waals surface area contributed by atoms with Gasteiger partial charge in [-0.05, 0) is 27.2 Å². The van der Waals surface area contributed by atoms with Gasteiger partial charge in [-0.3, -0.25) is 4.68 Å². The number of rotatable bonds is 8. The largest absolute Gasteiger partial charge is 0.383 e. The van der Waals surface area contributed by atoms with Crippen LogP contribution in [0.4, 0.5) is 5.69 Å². The summed E-state index contributed by atoms with van der Waals surface area (Å²) in [4.78, 5) is 0. The van der Waals surface area contributed by atoms with Gasteiger partial charge >= 0.3 is 0 Å². The van der Waals surface area contributed by atoms with E-state index >= 15 is 0 Å². The van der Waals surface area contributed by atoms with Gasteiger partial charge in [0.15, 0.2) is 0 Å². The Morgan fingerprint density at radius 1 is 1.44 bits per heavy atom. The van der Waals surface area contributed by atoms with E-state index in [1.165, 1.54) is 0 Å². The molecule has 1 rings (SSSR count). The lowest BCUT2D eigenvalue weighted by Gasteiger charge is -2.27. The molecule has 0 aromatic carbocycles. The zero-order valence-electron chi connectivity index (χ0n) is 12.1. The summed E-state index contributed by atoms with van der Waals surface area (Å²) in [6.07, 6.45) is 4.77. The minimum atomic E-state index is -0.113. The van der Waals surface area contributed by atoms with Crippen LogP contribution >= 0.6 is 0 Å². The third-order valence-electron chi connectivity index (χ3n) is 2.92. The molecule has 1 heterocycles. The van der Waals surface area contributed by atoms with Crippen LogP contribution in [-0.2, 0) is 16.0 Å². The highest BCUT2D eigenvalue weighted by atomic mass is 16.5. The van der Waals surface area contributed by atoms with Crippen LogP contribution in [0.2, 0.25) is 0 Å². The highest BCUT2D eigenvalue weighted by molar-refractivity contribution is 5.39. The van der Waals surface area contributed by atoms with E-state index in [1.807, 2.05) is 17.1 Å². The first-order valence-corrected chi connectivity index (χ1v) is 6.30. The summed E-state index contributed by atoms with van der Waals surface area (Å²) in [5, 5.41) is 7.69. The molecule has 1 unspecified atom stereocenters. The summed E-state index contributed by atoms with van der Waals surface area (Å²) in [5.41, 5.74) is 0.920. The fourth-order valence-corrected chi connectivity index (χ4v) is 1.90. The fourth-order valence-electron chi connectivity index (χ4n) is 1.90. The highest BCUT2D eigenvalue weighted by Crippen LogP contribution is 2.18. The number of anilines is 1. The van der Waals surface area contributed by atoms with E-state index < -0.39 is 0 Å². The van der Waals surface area contributed by atoms with Crippen LogP contribution in [0.3, 0.4) is 0 Å². The molecule has 5 nitrogen and oxygen atoms in total. The summed E-state index contributed by atoms with van der Waals surface area (Å²) in [6.45, 7) is 7.77. The molecule has 1 atom stereocenters. The first-order valence-electron chi connectivity index (χ1n) is 6.30. The second-order valence-electron chi connectivity index (χ2n) is 5.20. The maximum Gasteiger partial charge on any atom is 0.0728 e. The van der Waals surface area contributed by atoms with Crippen molar-refractivity contribution in [3.05, 3.63) is 12.4 Å². The number of nitrogens with zero attached hydrogens (tertiary/aromatic N) is 2. The lowest BCUT2D eigenvalue weighted by Crippen LogP contribution is -2.31. The minimum Gasteiger partial charge on any atom is -0.383 e. The average Bonchev–Trinajstić information content (AvgIpc) is 2.73. The Balaban J connectivity index is 2.44. The van der Waals surface area contributed by atoms with Gasteiger partial charge in [0.1, 0.15) is 0 Å². The molecule has 18 heavy (non-hydrogen) atoms. The molecular weight excluding hydrogens is 230 g/mol. The number of nitrogens with one attached hydrogen (secondary N) is 1. The van der Waals surface area contributed by atoms with Crippen molar-refractivity contribution >= 4 is 5.69 Å². The molecule has 5 heteroatoms. The Morgan fingerprint density at radius 2 is 2.17 bits per heavy atom. The topological polar surface area (TPSA) is 48.3 Å². The first kappa shape index (κ1) is 15.0. The van der Waals surface area contributed by atoms with Crippen LogP contribution in [0.1, 0.15) is 27.2 Å². The SMILES string of the molecule is COCCn1cc(NC(C)CC(C)(C)OC)cn1. The smallest absolute Gasteiger partial charge is 0.0728 e. The number of methoxy groups -OCH3 is 2. The van der Waals surface area contributed by atoms with Crippen molar-refractivity contribution in [2.45, 2.75) is 45.4 Å². The summed E-state index contributed by atoms with van der Waals surface area (Å²) in [7, 11) is 3.44. The van der Waals surface area contributed by atoms with Crippen LogP contribution in [0.15, 0.2) is 12.4 Å². The number of hydrogen-bond donors (Lipinski definition) is 1. The monoisotopic (exact) mass is 255 g/mol. The van der Waals surface area contributed by atoms with Gasteiger partial charge in [0, 0.05) is 26.5 Å². The van der Waals surface area contributed by atoms with E-state index in [0.717, 1.165) is 18.7 Å². The Labute approximate surface area is 109 Å². The number of ether oxygens (including phenoxy) is 2. The van der Waals surface area contributed by atoms with Crippen LogP contribution < -0.4 is 5.32 Å². The van der Waals surface area contributed by atoms with Crippen molar-refractivity contribution in [2.24, 2.45) is 0 Å². The lowest BCUT2D eigenvalue weighted by atomic mass is 10.00. The van der Waals surface area contributed by atoms with Crippen molar-refractivity contribution < 1.29 is 9.47 Å². The van der Waals surface area contributed by atoms with E-state index in [2.05, 4.69) is 31.2 Å². The van der Waals surface area contributed by atoms with Crippen LogP contribution in [0.5, 0.6) is 0 Å². The van der Waals surface area contributed by atoms with Crippen molar-refractivity contribution in [2.75, 3.05) is 26.1 Å². The van der Waals surface area contributed by atoms with Gasteiger partial charge in [-0.2, -0.15) is 5.10 Å². The van der Waals surface area contributed by atoms with Gasteiger partial charge in [0.2, 0.25) is 0 Å². The van der Waals surface area contributed by atoms with Crippen molar-refractivity contribution in [3.8, 4) is 0 Å². The van der Waals surface area contributed by atoms with E-state index in [0.29, 0.717) is 12.6 Å². The summed E-state index contributed by atoms with van der Waals surface area (Å²) in [5.74, 6) is 0. The Hall–Kier alpha value is -1.07. The van der Waals surface area contributed by atoms with Gasteiger partial charge in [0.25, 0.3) is 0 Å². The normalized spacial score (nSPS) is 13.6. The first-order chi connectivity index (χ1) is 8.46.